The van der Waals surface area contributed by atoms with Crippen molar-refractivity contribution in [2.75, 3.05) is 13.1 Å². The quantitative estimate of drug-likeness (QED) is 0.539. The van der Waals surface area contributed by atoms with Crippen LogP contribution in [0.1, 0.15) is 16.8 Å². The van der Waals surface area contributed by atoms with Gasteiger partial charge in [0.25, 0.3) is 5.91 Å². The van der Waals surface area contributed by atoms with Crippen LogP contribution in [0.5, 0.6) is 0 Å². The van der Waals surface area contributed by atoms with Crippen molar-refractivity contribution in [1.82, 2.24) is 9.88 Å². The molecular weight excluding hydrogens is 212 g/mol. The highest BCUT2D eigenvalue weighted by Crippen LogP contribution is 2.11. The maximum atomic E-state index is 12.0. The first-order chi connectivity index (χ1) is 7.27. The van der Waals surface area contributed by atoms with Crippen molar-refractivity contribution >= 4 is 17.5 Å². The van der Waals surface area contributed by atoms with Gasteiger partial charge in [0.05, 0.1) is 0 Å². The molecule has 15 heavy (non-hydrogen) atoms. The molecule has 0 spiro atoms. The van der Waals surface area contributed by atoms with E-state index < -0.39 is 0 Å². The fourth-order valence-electron chi connectivity index (χ4n) is 1.54. The molecule has 1 aromatic rings. The molecule has 2 rings (SSSR count). The molecule has 0 saturated heterocycles. The van der Waals surface area contributed by atoms with Crippen LogP contribution in [0.4, 0.5) is 0 Å². The third-order valence-electron chi connectivity index (χ3n) is 2.32. The molecule has 0 bridgehead atoms. The summed E-state index contributed by atoms with van der Waals surface area (Å²) in [5.74, 6) is 0.0173. The average Bonchev–Trinajstić information content (AvgIpc) is 2.29. The zero-order chi connectivity index (χ0) is 10.7. The van der Waals surface area contributed by atoms with Gasteiger partial charge < -0.3 is 4.90 Å². The molecule has 0 radical (unpaired) electrons. The van der Waals surface area contributed by atoms with Gasteiger partial charge in [-0.25, -0.2) is 4.98 Å². The molecule has 0 N–H and O–H groups in total. The number of nitrogens with zero attached hydrogens (tertiary/aromatic N) is 2. The number of amides is 1. The van der Waals surface area contributed by atoms with Crippen LogP contribution in [0.25, 0.3) is 0 Å². The minimum absolute atomic E-state index is 0.0173. The van der Waals surface area contributed by atoms with Crippen LogP contribution >= 0.6 is 11.6 Å². The summed E-state index contributed by atoms with van der Waals surface area (Å²) in [4.78, 5) is 17.6. The normalized spacial score (nSPS) is 15.4. The highest BCUT2D eigenvalue weighted by atomic mass is 35.5. The van der Waals surface area contributed by atoms with Gasteiger partial charge in [-0.05, 0) is 18.6 Å². The van der Waals surface area contributed by atoms with Gasteiger partial charge in [0, 0.05) is 24.8 Å². The summed E-state index contributed by atoms with van der Waals surface area (Å²) in [5, 5.41) is 0.355. The number of carbonyl (C=O) groups excluding carboxylic acids is 1. The lowest BCUT2D eigenvalue weighted by atomic mass is 10.2. The Labute approximate surface area is 93.4 Å². The molecule has 4 heteroatoms. The van der Waals surface area contributed by atoms with E-state index in [1.165, 1.54) is 0 Å². The van der Waals surface area contributed by atoms with Crippen LogP contribution in [0.3, 0.4) is 0 Å². The Bertz CT molecular complexity index is 403. The Hall–Kier alpha value is -1.35. The van der Waals surface area contributed by atoms with E-state index in [0.717, 1.165) is 13.0 Å². The van der Waals surface area contributed by atoms with Crippen LogP contribution in [0, 0.1) is 0 Å². The second-order valence-corrected chi connectivity index (χ2v) is 3.77. The van der Waals surface area contributed by atoms with Crippen LogP contribution in [0.15, 0.2) is 30.5 Å². The minimum Gasteiger partial charge on any atom is -0.335 e. The number of hydrogen-bond donors (Lipinski definition) is 0. The number of pyridine rings is 1. The van der Waals surface area contributed by atoms with Crippen LogP contribution in [0.2, 0.25) is 5.15 Å². The molecule has 0 saturated carbocycles. The van der Waals surface area contributed by atoms with Crippen LogP contribution in [-0.2, 0) is 0 Å². The fourth-order valence-corrected chi connectivity index (χ4v) is 1.72. The monoisotopic (exact) mass is 222 g/mol. The molecule has 1 aromatic heterocycles. The van der Waals surface area contributed by atoms with Gasteiger partial charge >= 0.3 is 0 Å². The second-order valence-electron chi connectivity index (χ2n) is 3.38. The van der Waals surface area contributed by atoms with Crippen molar-refractivity contribution < 1.29 is 4.79 Å². The lowest BCUT2D eigenvalue weighted by Gasteiger charge is -2.23. The molecule has 1 aliphatic heterocycles. The zero-order valence-electron chi connectivity index (χ0n) is 8.19. The van der Waals surface area contributed by atoms with Gasteiger partial charge in [0.15, 0.2) is 0 Å². The van der Waals surface area contributed by atoms with E-state index in [1.54, 1.807) is 23.2 Å². The van der Waals surface area contributed by atoms with E-state index in [4.69, 9.17) is 11.6 Å². The Balaban J connectivity index is 2.16. The van der Waals surface area contributed by atoms with Crippen molar-refractivity contribution in [2.45, 2.75) is 6.42 Å². The van der Waals surface area contributed by atoms with Crippen molar-refractivity contribution in [2.24, 2.45) is 0 Å². The zero-order valence-corrected chi connectivity index (χ0v) is 8.94. The predicted octanol–water partition coefficient (Wildman–Crippen LogP) is 2.14. The number of aromatic nitrogens is 1. The van der Waals surface area contributed by atoms with E-state index in [1.807, 2.05) is 6.08 Å². The molecule has 78 valence electrons. The molecule has 3 nitrogen and oxygen atoms in total. The molecule has 0 aromatic carbocycles. The highest BCUT2D eigenvalue weighted by Gasteiger charge is 2.15. The Morgan fingerprint density at radius 2 is 2.33 bits per heavy atom. The Morgan fingerprint density at radius 3 is 3.00 bits per heavy atom. The van der Waals surface area contributed by atoms with E-state index in [-0.39, 0.29) is 5.91 Å². The van der Waals surface area contributed by atoms with E-state index in [9.17, 15) is 4.79 Å². The van der Waals surface area contributed by atoms with E-state index in [0.29, 0.717) is 17.3 Å². The SMILES string of the molecule is O=C(c1ccnc(Cl)c1)N1CC=CCC1. The maximum Gasteiger partial charge on any atom is 0.254 e. The Kier molecular flexibility index (Phi) is 3.02. The highest BCUT2D eigenvalue weighted by molar-refractivity contribution is 6.29. The van der Waals surface area contributed by atoms with Crippen molar-refractivity contribution in [1.29, 1.82) is 0 Å². The summed E-state index contributed by atoms with van der Waals surface area (Å²) in [6.45, 7) is 1.45. The first-order valence-corrected chi connectivity index (χ1v) is 5.21. The molecule has 2 heterocycles. The van der Waals surface area contributed by atoms with Gasteiger partial charge in [0.2, 0.25) is 0 Å². The molecular formula is C11H11ClN2O. The lowest BCUT2D eigenvalue weighted by molar-refractivity contribution is 0.0771. The molecule has 0 aliphatic carbocycles. The van der Waals surface area contributed by atoms with Gasteiger partial charge in [-0.15, -0.1) is 0 Å². The summed E-state index contributed by atoms with van der Waals surface area (Å²) < 4.78 is 0. The van der Waals surface area contributed by atoms with Crippen molar-refractivity contribution in [3.8, 4) is 0 Å². The van der Waals surface area contributed by atoms with Gasteiger partial charge in [-0.3, -0.25) is 4.79 Å². The first kappa shape index (κ1) is 10.2. The summed E-state index contributed by atoms with van der Waals surface area (Å²) in [6.07, 6.45) is 6.56. The van der Waals surface area contributed by atoms with Gasteiger partial charge in [-0.2, -0.15) is 0 Å². The number of halogens is 1. The third kappa shape index (κ3) is 2.36. The summed E-state index contributed by atoms with van der Waals surface area (Å²) in [6, 6.07) is 3.29. The van der Waals surface area contributed by atoms with Gasteiger partial charge in [-0.1, -0.05) is 23.8 Å². The van der Waals surface area contributed by atoms with Gasteiger partial charge in [0.1, 0.15) is 5.15 Å². The maximum absolute atomic E-state index is 12.0. The largest absolute Gasteiger partial charge is 0.335 e. The first-order valence-electron chi connectivity index (χ1n) is 4.83. The molecule has 0 atom stereocenters. The number of rotatable bonds is 1. The predicted molar refractivity (Wildman–Crippen MR) is 58.9 cm³/mol. The van der Waals surface area contributed by atoms with Crippen LogP contribution < -0.4 is 0 Å². The van der Waals surface area contributed by atoms with Crippen molar-refractivity contribution in [3.63, 3.8) is 0 Å². The van der Waals surface area contributed by atoms with E-state index in [2.05, 4.69) is 11.1 Å². The number of carbonyl (C=O) groups is 1. The minimum atomic E-state index is 0.0173. The molecule has 0 fully saturated rings. The molecule has 1 amide bonds. The second kappa shape index (κ2) is 4.45. The summed E-state index contributed by atoms with van der Waals surface area (Å²) in [7, 11) is 0. The fraction of sp³-hybridized carbons (Fsp3) is 0.273. The van der Waals surface area contributed by atoms with E-state index >= 15 is 0 Å². The molecule has 1 aliphatic rings. The Morgan fingerprint density at radius 1 is 1.47 bits per heavy atom. The van der Waals surface area contributed by atoms with Crippen molar-refractivity contribution in [3.05, 3.63) is 41.2 Å². The smallest absolute Gasteiger partial charge is 0.254 e. The standard InChI is InChI=1S/C11H11ClN2O/c12-10-8-9(4-5-13-10)11(15)14-6-2-1-3-7-14/h1-2,4-5,8H,3,6-7H2. The topological polar surface area (TPSA) is 33.2 Å². The summed E-state index contributed by atoms with van der Waals surface area (Å²) in [5.41, 5.74) is 0.602. The summed E-state index contributed by atoms with van der Waals surface area (Å²) >= 11 is 5.73. The van der Waals surface area contributed by atoms with Crippen LogP contribution in [-0.4, -0.2) is 28.9 Å². The lowest BCUT2D eigenvalue weighted by Crippen LogP contribution is -2.33. The average molecular weight is 223 g/mol. The molecule has 0 unspecified atom stereocenters. The number of hydrogen-bond acceptors (Lipinski definition) is 2. The third-order valence-corrected chi connectivity index (χ3v) is 2.53.